The molecule has 68 valence electrons. The van der Waals surface area contributed by atoms with Crippen LogP contribution in [0.2, 0.25) is 0 Å². The molecule has 0 unspecified atom stereocenters. The average Bonchev–Trinajstić information content (AvgIpc) is 2.04. The van der Waals surface area contributed by atoms with Crippen molar-refractivity contribution in [2.45, 2.75) is 26.3 Å². The van der Waals surface area contributed by atoms with Crippen molar-refractivity contribution >= 4 is 5.91 Å². The second kappa shape index (κ2) is 3.72. The first-order valence-corrected chi connectivity index (χ1v) is 4.34. The van der Waals surface area contributed by atoms with E-state index < -0.39 is 0 Å². The summed E-state index contributed by atoms with van der Waals surface area (Å²) in [5.41, 5.74) is 5.95. The molecule has 0 atom stereocenters. The third-order valence-electron chi connectivity index (χ3n) is 2.29. The zero-order valence-electron chi connectivity index (χ0n) is 7.71. The van der Waals surface area contributed by atoms with Crippen molar-refractivity contribution < 1.29 is 4.79 Å². The lowest BCUT2D eigenvalue weighted by molar-refractivity contribution is -0.114. The Bertz CT molecular complexity index is 209. The number of rotatable bonds is 2. The highest BCUT2D eigenvalue weighted by atomic mass is 16.1. The molecule has 12 heavy (non-hydrogen) atoms. The van der Waals surface area contributed by atoms with E-state index in [1.807, 2.05) is 6.08 Å². The molecule has 0 aromatic carbocycles. The van der Waals surface area contributed by atoms with Gasteiger partial charge in [-0.1, -0.05) is 6.08 Å². The monoisotopic (exact) mass is 168 g/mol. The van der Waals surface area contributed by atoms with Gasteiger partial charge >= 0.3 is 0 Å². The van der Waals surface area contributed by atoms with Crippen LogP contribution in [0.1, 0.15) is 20.3 Å². The Hall–Kier alpha value is -0.830. The third kappa shape index (κ3) is 2.08. The molecule has 0 aromatic heterocycles. The third-order valence-corrected chi connectivity index (χ3v) is 2.29. The van der Waals surface area contributed by atoms with Gasteiger partial charge in [-0.15, -0.1) is 0 Å². The Labute approximate surface area is 73.2 Å². The highest BCUT2D eigenvalue weighted by Crippen LogP contribution is 2.11. The Kier molecular flexibility index (Phi) is 2.87. The van der Waals surface area contributed by atoms with Gasteiger partial charge < -0.3 is 5.73 Å². The largest absolute Gasteiger partial charge is 0.366 e. The molecule has 0 aromatic rings. The van der Waals surface area contributed by atoms with Crippen molar-refractivity contribution in [3.05, 3.63) is 11.6 Å². The lowest BCUT2D eigenvalue weighted by Gasteiger charge is -2.28. The van der Waals surface area contributed by atoms with Crippen LogP contribution < -0.4 is 5.73 Å². The van der Waals surface area contributed by atoms with Crippen molar-refractivity contribution in [3.8, 4) is 0 Å². The lowest BCUT2D eigenvalue weighted by atomic mass is 10.1. The second-order valence-corrected chi connectivity index (χ2v) is 3.43. The number of carbonyl (C=O) groups excluding carboxylic acids is 1. The highest BCUT2D eigenvalue weighted by Gasteiger charge is 2.16. The Morgan fingerprint density at radius 1 is 1.67 bits per heavy atom. The summed E-state index contributed by atoms with van der Waals surface area (Å²) in [7, 11) is 0. The number of carbonyl (C=O) groups is 1. The summed E-state index contributed by atoms with van der Waals surface area (Å²) in [5.74, 6) is -0.265. The van der Waals surface area contributed by atoms with E-state index in [1.54, 1.807) is 0 Å². The fourth-order valence-electron chi connectivity index (χ4n) is 1.38. The summed E-state index contributed by atoms with van der Waals surface area (Å²) < 4.78 is 0. The molecule has 1 amide bonds. The normalized spacial score (nSPS) is 19.4. The van der Waals surface area contributed by atoms with E-state index >= 15 is 0 Å². The van der Waals surface area contributed by atoms with Crippen molar-refractivity contribution in [2.24, 2.45) is 5.73 Å². The summed E-state index contributed by atoms with van der Waals surface area (Å²) in [5, 5.41) is 0. The number of nitrogens with two attached hydrogens (primary N) is 1. The maximum Gasteiger partial charge on any atom is 0.244 e. The molecule has 0 saturated carbocycles. The number of primary amides is 1. The predicted octanol–water partition coefficient (Wildman–Crippen LogP) is 0.512. The zero-order valence-corrected chi connectivity index (χ0v) is 7.71. The number of amides is 1. The van der Waals surface area contributed by atoms with Crippen molar-refractivity contribution in [1.29, 1.82) is 0 Å². The van der Waals surface area contributed by atoms with Gasteiger partial charge in [-0.2, -0.15) is 0 Å². The van der Waals surface area contributed by atoms with Gasteiger partial charge in [0.15, 0.2) is 0 Å². The molecule has 1 aliphatic heterocycles. The number of hydrogen-bond donors (Lipinski definition) is 1. The molecule has 0 aliphatic carbocycles. The van der Waals surface area contributed by atoms with Gasteiger partial charge in [0.05, 0.1) is 0 Å². The number of hydrogen-bond acceptors (Lipinski definition) is 2. The summed E-state index contributed by atoms with van der Waals surface area (Å²) >= 11 is 0. The fraction of sp³-hybridized carbons (Fsp3) is 0.667. The van der Waals surface area contributed by atoms with E-state index in [2.05, 4.69) is 18.7 Å². The van der Waals surface area contributed by atoms with E-state index in [1.165, 1.54) is 0 Å². The maximum absolute atomic E-state index is 10.8. The van der Waals surface area contributed by atoms with E-state index in [-0.39, 0.29) is 5.91 Å². The van der Waals surface area contributed by atoms with Crippen LogP contribution in [0, 0.1) is 0 Å². The van der Waals surface area contributed by atoms with Crippen LogP contribution in [0.15, 0.2) is 11.6 Å². The van der Waals surface area contributed by atoms with Crippen LogP contribution in [-0.4, -0.2) is 29.9 Å². The van der Waals surface area contributed by atoms with Crippen molar-refractivity contribution in [1.82, 2.24) is 4.90 Å². The molecule has 1 aliphatic rings. The summed E-state index contributed by atoms with van der Waals surface area (Å²) in [6, 6.07) is 0.552. The fourth-order valence-corrected chi connectivity index (χ4v) is 1.38. The molecule has 0 spiro atoms. The minimum Gasteiger partial charge on any atom is -0.366 e. The van der Waals surface area contributed by atoms with E-state index in [0.29, 0.717) is 6.04 Å². The molecule has 0 radical (unpaired) electrons. The molecule has 0 fully saturated rings. The molecule has 3 nitrogen and oxygen atoms in total. The van der Waals surface area contributed by atoms with Gasteiger partial charge in [0.1, 0.15) is 0 Å². The smallest absolute Gasteiger partial charge is 0.244 e. The Morgan fingerprint density at radius 2 is 2.33 bits per heavy atom. The maximum atomic E-state index is 10.8. The van der Waals surface area contributed by atoms with Crippen LogP contribution in [0.4, 0.5) is 0 Å². The molecule has 3 heteroatoms. The van der Waals surface area contributed by atoms with Crippen LogP contribution in [0.25, 0.3) is 0 Å². The first kappa shape index (κ1) is 9.26. The van der Waals surface area contributed by atoms with Crippen LogP contribution in [0.5, 0.6) is 0 Å². The molecular formula is C9H16N2O. The minimum absolute atomic E-state index is 0.265. The van der Waals surface area contributed by atoms with Crippen LogP contribution in [-0.2, 0) is 4.79 Å². The molecule has 1 heterocycles. The van der Waals surface area contributed by atoms with Gasteiger partial charge in [-0.05, 0) is 20.3 Å². The van der Waals surface area contributed by atoms with Crippen molar-refractivity contribution in [3.63, 3.8) is 0 Å². The second-order valence-electron chi connectivity index (χ2n) is 3.43. The standard InChI is InChI=1S/C9H16N2O/c1-7(2)11-5-3-8(4-6-11)9(10)12/h3,7H,4-6H2,1-2H3,(H2,10,12). The molecule has 2 N–H and O–H groups in total. The SMILES string of the molecule is CC(C)N1CC=C(C(N)=O)CC1. The van der Waals surface area contributed by atoms with Gasteiger partial charge in [-0.3, -0.25) is 9.69 Å². The average molecular weight is 168 g/mol. The minimum atomic E-state index is -0.265. The topological polar surface area (TPSA) is 46.3 Å². The van der Waals surface area contributed by atoms with Crippen LogP contribution >= 0.6 is 0 Å². The number of nitrogens with zero attached hydrogens (tertiary/aromatic N) is 1. The Morgan fingerprint density at radius 3 is 2.67 bits per heavy atom. The quantitative estimate of drug-likeness (QED) is 0.653. The molecule has 0 bridgehead atoms. The summed E-state index contributed by atoms with van der Waals surface area (Å²) in [6.45, 7) is 6.12. The predicted molar refractivity (Wildman–Crippen MR) is 48.6 cm³/mol. The van der Waals surface area contributed by atoms with Gasteiger partial charge in [0, 0.05) is 24.7 Å². The molecular weight excluding hydrogens is 152 g/mol. The summed E-state index contributed by atoms with van der Waals surface area (Å²) in [4.78, 5) is 13.1. The Balaban J connectivity index is 2.53. The van der Waals surface area contributed by atoms with E-state index in [9.17, 15) is 4.79 Å². The first-order chi connectivity index (χ1) is 5.61. The van der Waals surface area contributed by atoms with Gasteiger partial charge in [-0.25, -0.2) is 0 Å². The first-order valence-electron chi connectivity index (χ1n) is 4.34. The van der Waals surface area contributed by atoms with Gasteiger partial charge in [0.25, 0.3) is 0 Å². The zero-order chi connectivity index (χ0) is 9.14. The highest BCUT2D eigenvalue weighted by molar-refractivity contribution is 5.92. The molecule has 1 rings (SSSR count). The molecule has 0 saturated heterocycles. The lowest BCUT2D eigenvalue weighted by Crippen LogP contribution is -2.36. The van der Waals surface area contributed by atoms with E-state index in [0.717, 1.165) is 25.1 Å². The van der Waals surface area contributed by atoms with Crippen LogP contribution in [0.3, 0.4) is 0 Å². The van der Waals surface area contributed by atoms with E-state index in [4.69, 9.17) is 5.73 Å². The summed E-state index contributed by atoms with van der Waals surface area (Å²) in [6.07, 6.45) is 2.74. The van der Waals surface area contributed by atoms with Gasteiger partial charge in [0.2, 0.25) is 5.91 Å². The van der Waals surface area contributed by atoms with Crippen molar-refractivity contribution in [2.75, 3.05) is 13.1 Å².